The molecule has 0 bridgehead atoms. The third-order valence-electron chi connectivity index (χ3n) is 2.82. The highest BCUT2D eigenvalue weighted by Crippen LogP contribution is 2.10. The third-order valence-corrected chi connectivity index (χ3v) is 3.69. The van der Waals surface area contributed by atoms with Gasteiger partial charge >= 0.3 is 5.97 Å². The Morgan fingerprint density at radius 3 is 2.55 bits per heavy atom. The Balaban J connectivity index is 2.08. The van der Waals surface area contributed by atoms with E-state index in [4.69, 9.17) is 4.74 Å². The number of amides is 1. The Labute approximate surface area is 121 Å². The molecule has 0 radical (unpaired) electrons. The highest BCUT2D eigenvalue weighted by Gasteiger charge is 2.22. The summed E-state index contributed by atoms with van der Waals surface area (Å²) in [6, 6.07) is 12.3. The van der Waals surface area contributed by atoms with Crippen molar-refractivity contribution in [3.05, 3.63) is 58.3 Å². The first-order chi connectivity index (χ1) is 9.70. The van der Waals surface area contributed by atoms with Crippen LogP contribution in [-0.4, -0.2) is 25.0 Å². The van der Waals surface area contributed by atoms with Crippen LogP contribution in [0.2, 0.25) is 0 Å². The molecule has 1 atom stereocenters. The zero-order valence-electron chi connectivity index (χ0n) is 11.0. The van der Waals surface area contributed by atoms with Gasteiger partial charge in [0.25, 0.3) is 5.91 Å². The second-order valence-electron chi connectivity index (χ2n) is 4.22. The third kappa shape index (κ3) is 3.68. The van der Waals surface area contributed by atoms with E-state index in [1.807, 2.05) is 35.7 Å². The molecule has 0 aliphatic heterocycles. The lowest BCUT2D eigenvalue weighted by molar-refractivity contribution is -0.142. The quantitative estimate of drug-likeness (QED) is 0.859. The first-order valence-electron chi connectivity index (χ1n) is 6.17. The average molecular weight is 289 g/mol. The molecule has 0 aliphatic rings. The standard InChI is InChI=1S/C15H15NO3S/c1-19-15(18)12(10-11-6-3-2-4-7-11)16-14(17)13-8-5-9-20-13/h2-9,12H,10H2,1H3,(H,16,17)/t12-/m0/s1. The predicted octanol–water partition coefficient (Wildman–Crippen LogP) is 2.26. The molecule has 1 heterocycles. The van der Waals surface area contributed by atoms with Crippen molar-refractivity contribution in [1.82, 2.24) is 5.32 Å². The van der Waals surface area contributed by atoms with E-state index in [0.29, 0.717) is 11.3 Å². The molecule has 1 aromatic carbocycles. The Morgan fingerprint density at radius 2 is 1.95 bits per heavy atom. The fraction of sp³-hybridized carbons (Fsp3) is 0.200. The van der Waals surface area contributed by atoms with Crippen LogP contribution in [-0.2, 0) is 16.0 Å². The van der Waals surface area contributed by atoms with E-state index < -0.39 is 12.0 Å². The molecule has 0 saturated carbocycles. The summed E-state index contributed by atoms with van der Waals surface area (Å²) in [7, 11) is 1.32. The summed E-state index contributed by atoms with van der Waals surface area (Å²) < 4.78 is 4.75. The molecule has 104 valence electrons. The Bertz CT molecular complexity index is 566. The number of carbonyl (C=O) groups is 2. The summed E-state index contributed by atoms with van der Waals surface area (Å²) in [5.41, 5.74) is 0.967. The van der Waals surface area contributed by atoms with Crippen LogP contribution in [0.25, 0.3) is 0 Å². The summed E-state index contributed by atoms with van der Waals surface area (Å²) in [4.78, 5) is 24.4. The summed E-state index contributed by atoms with van der Waals surface area (Å²) >= 11 is 1.33. The second kappa shape index (κ2) is 6.86. The fourth-order valence-corrected chi connectivity index (χ4v) is 2.45. The van der Waals surface area contributed by atoms with E-state index in [-0.39, 0.29) is 5.91 Å². The van der Waals surface area contributed by atoms with Gasteiger partial charge in [-0.3, -0.25) is 4.79 Å². The van der Waals surface area contributed by atoms with E-state index >= 15 is 0 Å². The molecule has 1 aromatic heterocycles. The molecule has 1 amide bonds. The van der Waals surface area contributed by atoms with Crippen LogP contribution in [0, 0.1) is 0 Å². The molecule has 0 fully saturated rings. The van der Waals surface area contributed by atoms with Crippen molar-refractivity contribution >= 4 is 23.2 Å². The summed E-state index contributed by atoms with van der Waals surface area (Å²) in [5.74, 6) is -0.704. The van der Waals surface area contributed by atoms with E-state index in [2.05, 4.69) is 5.32 Å². The van der Waals surface area contributed by atoms with Crippen molar-refractivity contribution in [1.29, 1.82) is 0 Å². The number of carbonyl (C=O) groups excluding carboxylic acids is 2. The monoisotopic (exact) mass is 289 g/mol. The maximum atomic E-state index is 12.0. The molecule has 5 heteroatoms. The average Bonchev–Trinajstić information content (AvgIpc) is 3.01. The highest BCUT2D eigenvalue weighted by molar-refractivity contribution is 7.12. The molecular formula is C15H15NO3S. The maximum Gasteiger partial charge on any atom is 0.328 e. The summed E-state index contributed by atoms with van der Waals surface area (Å²) in [6.07, 6.45) is 0.407. The lowest BCUT2D eigenvalue weighted by atomic mass is 10.1. The normalized spacial score (nSPS) is 11.7. The van der Waals surface area contributed by atoms with Gasteiger partial charge in [0, 0.05) is 6.42 Å². The van der Waals surface area contributed by atoms with Crippen molar-refractivity contribution in [3.63, 3.8) is 0 Å². The number of ether oxygens (including phenoxy) is 1. The van der Waals surface area contributed by atoms with Crippen molar-refractivity contribution < 1.29 is 14.3 Å². The number of hydrogen-bond acceptors (Lipinski definition) is 4. The molecule has 0 unspecified atom stereocenters. The van der Waals surface area contributed by atoms with Gasteiger partial charge in [-0.05, 0) is 17.0 Å². The molecule has 4 nitrogen and oxygen atoms in total. The SMILES string of the molecule is COC(=O)[C@H](Cc1ccccc1)NC(=O)c1cccs1. The smallest absolute Gasteiger partial charge is 0.328 e. The number of methoxy groups -OCH3 is 1. The lowest BCUT2D eigenvalue weighted by Gasteiger charge is -2.16. The van der Waals surface area contributed by atoms with E-state index in [0.717, 1.165) is 5.56 Å². The maximum absolute atomic E-state index is 12.0. The predicted molar refractivity (Wildman–Crippen MR) is 77.7 cm³/mol. The molecule has 2 rings (SSSR count). The van der Waals surface area contributed by atoms with Crippen molar-refractivity contribution in [3.8, 4) is 0 Å². The first kappa shape index (κ1) is 14.3. The fourth-order valence-electron chi connectivity index (χ4n) is 1.82. The van der Waals surface area contributed by atoms with Gasteiger partial charge in [0.1, 0.15) is 6.04 Å². The molecule has 0 aliphatic carbocycles. The minimum absolute atomic E-state index is 0.258. The second-order valence-corrected chi connectivity index (χ2v) is 5.16. The van der Waals surface area contributed by atoms with Gasteiger partial charge in [0.2, 0.25) is 0 Å². The minimum atomic E-state index is -0.683. The van der Waals surface area contributed by atoms with Crippen LogP contribution in [0.4, 0.5) is 0 Å². The molecule has 0 saturated heterocycles. The van der Waals surface area contributed by atoms with E-state index in [1.165, 1.54) is 18.4 Å². The summed E-state index contributed by atoms with van der Waals surface area (Å²) in [5, 5.41) is 4.53. The highest BCUT2D eigenvalue weighted by atomic mass is 32.1. The van der Waals surface area contributed by atoms with Gasteiger partial charge in [0.15, 0.2) is 0 Å². The zero-order chi connectivity index (χ0) is 14.4. The van der Waals surface area contributed by atoms with Crippen LogP contribution >= 0.6 is 11.3 Å². The lowest BCUT2D eigenvalue weighted by Crippen LogP contribution is -2.42. The number of hydrogen-bond donors (Lipinski definition) is 1. The number of benzene rings is 1. The topological polar surface area (TPSA) is 55.4 Å². The van der Waals surface area contributed by atoms with Gasteiger partial charge in [-0.1, -0.05) is 36.4 Å². The summed E-state index contributed by atoms with van der Waals surface area (Å²) in [6.45, 7) is 0. The largest absolute Gasteiger partial charge is 0.467 e. The number of rotatable bonds is 5. The molecule has 1 N–H and O–H groups in total. The van der Waals surface area contributed by atoms with Crippen LogP contribution in [0.5, 0.6) is 0 Å². The molecule has 20 heavy (non-hydrogen) atoms. The Hall–Kier alpha value is -2.14. The van der Waals surface area contributed by atoms with Crippen LogP contribution in [0.15, 0.2) is 47.8 Å². The number of nitrogens with one attached hydrogen (secondary N) is 1. The zero-order valence-corrected chi connectivity index (χ0v) is 11.9. The van der Waals surface area contributed by atoms with Gasteiger partial charge in [-0.15, -0.1) is 11.3 Å². The number of esters is 1. The van der Waals surface area contributed by atoms with Crippen LogP contribution in [0.3, 0.4) is 0 Å². The molecule has 0 spiro atoms. The van der Waals surface area contributed by atoms with Gasteiger partial charge in [-0.25, -0.2) is 4.79 Å². The van der Waals surface area contributed by atoms with Crippen molar-refractivity contribution in [2.24, 2.45) is 0 Å². The Morgan fingerprint density at radius 1 is 1.20 bits per heavy atom. The Kier molecular flexibility index (Phi) is 4.90. The molecular weight excluding hydrogens is 274 g/mol. The van der Waals surface area contributed by atoms with Gasteiger partial charge in [-0.2, -0.15) is 0 Å². The molecule has 2 aromatic rings. The van der Waals surface area contributed by atoms with Crippen molar-refractivity contribution in [2.45, 2.75) is 12.5 Å². The first-order valence-corrected chi connectivity index (χ1v) is 7.05. The van der Waals surface area contributed by atoms with Gasteiger partial charge < -0.3 is 10.1 Å². The number of thiophene rings is 1. The van der Waals surface area contributed by atoms with E-state index in [9.17, 15) is 9.59 Å². The van der Waals surface area contributed by atoms with Crippen LogP contribution < -0.4 is 5.32 Å². The van der Waals surface area contributed by atoms with Crippen molar-refractivity contribution in [2.75, 3.05) is 7.11 Å². The van der Waals surface area contributed by atoms with E-state index in [1.54, 1.807) is 12.1 Å². The van der Waals surface area contributed by atoms with Gasteiger partial charge in [0.05, 0.1) is 12.0 Å². The minimum Gasteiger partial charge on any atom is -0.467 e. The van der Waals surface area contributed by atoms with Crippen LogP contribution in [0.1, 0.15) is 15.2 Å².